The summed E-state index contributed by atoms with van der Waals surface area (Å²) in [5, 5.41) is 48.1. The van der Waals surface area contributed by atoms with Crippen molar-refractivity contribution in [2.24, 2.45) is 17.6 Å². The van der Waals surface area contributed by atoms with Gasteiger partial charge in [0.05, 0.1) is 11.6 Å². The van der Waals surface area contributed by atoms with Crippen LogP contribution >= 0.6 is 11.3 Å². The summed E-state index contributed by atoms with van der Waals surface area (Å²) in [6.07, 6.45) is 0.318. The summed E-state index contributed by atoms with van der Waals surface area (Å²) in [5.41, 5.74) is 4.00. The predicted molar refractivity (Wildman–Crippen MR) is 127 cm³/mol. The maximum Gasteiger partial charge on any atom is 0.255 e. The smallest absolute Gasteiger partial charge is 0.255 e. The van der Waals surface area contributed by atoms with Gasteiger partial charge in [0.25, 0.3) is 5.91 Å². The second kappa shape index (κ2) is 7.77. The Labute approximate surface area is 204 Å². The Morgan fingerprint density at radius 3 is 2.49 bits per heavy atom. The molecule has 0 spiro atoms. The minimum absolute atomic E-state index is 0.00878. The molecule has 0 aliphatic heterocycles. The first-order chi connectivity index (χ1) is 16.5. The van der Waals surface area contributed by atoms with E-state index in [2.05, 4.69) is 0 Å². The van der Waals surface area contributed by atoms with Crippen LogP contribution in [0.1, 0.15) is 22.3 Å². The van der Waals surface area contributed by atoms with Crippen LogP contribution in [0.3, 0.4) is 0 Å². The van der Waals surface area contributed by atoms with Gasteiger partial charge in [0.2, 0.25) is 5.78 Å². The summed E-state index contributed by atoms with van der Waals surface area (Å²) >= 11 is 1.49. The predicted octanol–water partition coefficient (Wildman–Crippen LogP) is 1.85. The lowest BCUT2D eigenvalue weighted by Gasteiger charge is -2.50. The monoisotopic (exact) mass is 496 g/mol. The minimum Gasteiger partial charge on any atom is -0.510 e. The second-order valence-electron chi connectivity index (χ2n) is 9.46. The Hall–Kier alpha value is -3.47. The molecule has 0 radical (unpaired) electrons. The molecule has 4 atom stereocenters. The molecule has 3 aliphatic rings. The van der Waals surface area contributed by atoms with Crippen LogP contribution in [0.25, 0.3) is 11.1 Å². The van der Waals surface area contributed by atoms with Gasteiger partial charge >= 0.3 is 0 Å². The number of nitrogens with two attached hydrogens (primary N) is 1. The Morgan fingerprint density at radius 2 is 1.89 bits per heavy atom. The number of primary amides is 1. The summed E-state index contributed by atoms with van der Waals surface area (Å²) in [6, 6.07) is 4.03. The topological polar surface area (TPSA) is 161 Å². The molecule has 0 saturated carbocycles. The molecular formula is C25H24N2O7S. The molecule has 10 heteroatoms. The molecule has 35 heavy (non-hydrogen) atoms. The molecule has 1 amide bonds. The van der Waals surface area contributed by atoms with Crippen molar-refractivity contribution in [2.45, 2.75) is 24.5 Å². The maximum absolute atomic E-state index is 13.7. The number of carbonyl (C=O) groups is 3. The molecule has 2 aromatic rings. The standard InChI is InChI=1S/C25H24N2O7S/c1-27(2)19-14-8-11-7-13-12(10-5-6-35-9-10)3-4-15(28)17(13)20(29)16(11)22(31)25(14,34)23(32)18(21(19)30)24(26)33/h3-6,9,11,14,19,28,30-31,34H,7-8H2,1-2H3,(H2,26,33). The van der Waals surface area contributed by atoms with Crippen molar-refractivity contribution in [3.8, 4) is 16.9 Å². The Bertz CT molecular complexity index is 1360. The minimum atomic E-state index is -2.63. The Kier molecular flexibility index (Phi) is 5.17. The molecule has 4 unspecified atom stereocenters. The third-order valence-corrected chi connectivity index (χ3v) is 8.12. The van der Waals surface area contributed by atoms with Gasteiger partial charge in [-0.3, -0.25) is 19.3 Å². The van der Waals surface area contributed by atoms with Crippen molar-refractivity contribution in [3.05, 3.63) is 62.8 Å². The fourth-order valence-electron chi connectivity index (χ4n) is 5.94. The zero-order valence-electron chi connectivity index (χ0n) is 19.0. The number of ketones is 2. The first-order valence-corrected chi connectivity index (χ1v) is 12.0. The van der Waals surface area contributed by atoms with E-state index in [0.29, 0.717) is 5.56 Å². The number of allylic oxidation sites excluding steroid dienone is 1. The summed E-state index contributed by atoms with van der Waals surface area (Å²) < 4.78 is 0. The highest BCUT2D eigenvalue weighted by Gasteiger charge is 2.63. The summed E-state index contributed by atoms with van der Waals surface area (Å²) in [5.74, 6) is -6.54. The van der Waals surface area contributed by atoms with Gasteiger partial charge in [0.15, 0.2) is 11.4 Å². The number of likely N-dealkylation sites (N-methyl/N-ethyl adjacent to an activating group) is 1. The van der Waals surface area contributed by atoms with Crippen LogP contribution in [-0.2, 0) is 16.0 Å². The highest BCUT2D eigenvalue weighted by molar-refractivity contribution is 7.08. The number of thiophene rings is 1. The molecule has 0 bridgehead atoms. The molecule has 182 valence electrons. The number of aliphatic hydroxyl groups excluding tert-OH is 2. The number of hydrogen-bond acceptors (Lipinski definition) is 9. The lowest BCUT2D eigenvalue weighted by Crippen LogP contribution is -2.63. The lowest BCUT2D eigenvalue weighted by atomic mass is 9.58. The van der Waals surface area contributed by atoms with Crippen LogP contribution in [0, 0.1) is 11.8 Å². The first kappa shape index (κ1) is 23.3. The third-order valence-electron chi connectivity index (χ3n) is 7.44. The van der Waals surface area contributed by atoms with Gasteiger partial charge < -0.3 is 26.2 Å². The van der Waals surface area contributed by atoms with E-state index in [4.69, 9.17) is 5.73 Å². The van der Waals surface area contributed by atoms with Crippen molar-refractivity contribution in [1.82, 2.24) is 4.90 Å². The first-order valence-electron chi connectivity index (χ1n) is 11.0. The number of aromatic hydroxyl groups is 1. The highest BCUT2D eigenvalue weighted by atomic mass is 32.1. The second-order valence-corrected chi connectivity index (χ2v) is 10.2. The molecule has 1 heterocycles. The number of Topliss-reactive ketones (excluding diaryl/α,β-unsaturated/α-hetero) is 2. The quantitative estimate of drug-likeness (QED) is 0.402. The van der Waals surface area contributed by atoms with Gasteiger partial charge in [-0.2, -0.15) is 11.3 Å². The number of nitrogens with zero attached hydrogens (tertiary/aromatic N) is 1. The lowest BCUT2D eigenvalue weighted by molar-refractivity contribution is -0.148. The van der Waals surface area contributed by atoms with Gasteiger partial charge in [-0.1, -0.05) is 6.07 Å². The largest absolute Gasteiger partial charge is 0.510 e. The van der Waals surface area contributed by atoms with Crippen molar-refractivity contribution >= 4 is 28.8 Å². The van der Waals surface area contributed by atoms with Crippen LogP contribution in [-0.4, -0.2) is 68.5 Å². The van der Waals surface area contributed by atoms with Gasteiger partial charge in [0, 0.05) is 11.5 Å². The number of amides is 1. The van der Waals surface area contributed by atoms with E-state index in [1.165, 1.54) is 22.3 Å². The zero-order chi connectivity index (χ0) is 25.4. The number of benzene rings is 1. The number of carbonyl (C=O) groups excluding carboxylic acids is 3. The number of hydrogen-bond donors (Lipinski definition) is 5. The molecule has 0 saturated heterocycles. The summed E-state index contributed by atoms with van der Waals surface area (Å²) in [4.78, 5) is 40.5. The zero-order valence-corrected chi connectivity index (χ0v) is 19.8. The van der Waals surface area contributed by atoms with Crippen LogP contribution in [0.2, 0.25) is 0 Å². The molecule has 9 nitrogen and oxygen atoms in total. The fraction of sp³-hybridized carbons (Fsp3) is 0.320. The van der Waals surface area contributed by atoms with Crippen LogP contribution < -0.4 is 5.73 Å². The number of phenolic OH excluding ortho intramolecular Hbond substituents is 1. The highest BCUT2D eigenvalue weighted by Crippen LogP contribution is 2.53. The van der Waals surface area contributed by atoms with Gasteiger partial charge in [-0.15, -0.1) is 0 Å². The van der Waals surface area contributed by atoms with Crippen LogP contribution in [0.15, 0.2) is 51.6 Å². The molecule has 1 aromatic heterocycles. The average molecular weight is 497 g/mol. The van der Waals surface area contributed by atoms with E-state index in [1.807, 2.05) is 16.8 Å². The Balaban J connectivity index is 1.74. The molecule has 6 N–H and O–H groups in total. The van der Waals surface area contributed by atoms with E-state index in [0.717, 1.165) is 11.1 Å². The fourth-order valence-corrected chi connectivity index (χ4v) is 6.59. The van der Waals surface area contributed by atoms with Crippen molar-refractivity contribution in [3.63, 3.8) is 0 Å². The van der Waals surface area contributed by atoms with E-state index >= 15 is 0 Å². The van der Waals surface area contributed by atoms with Crippen LogP contribution in [0.5, 0.6) is 5.75 Å². The van der Waals surface area contributed by atoms with Crippen molar-refractivity contribution in [2.75, 3.05) is 14.1 Å². The molecule has 3 aliphatic carbocycles. The van der Waals surface area contributed by atoms with E-state index in [1.54, 1.807) is 20.2 Å². The normalized spacial score (nSPS) is 28.2. The summed E-state index contributed by atoms with van der Waals surface area (Å²) in [7, 11) is 3.19. The SMILES string of the molecule is CN(C)C1C(O)=C(C(N)=O)C(=O)C2(O)C(O)=C3C(=O)c4c(O)ccc(-c5ccsc5)c4CC3CC12. The van der Waals surface area contributed by atoms with E-state index in [9.17, 15) is 34.8 Å². The number of rotatable bonds is 3. The third kappa shape index (κ3) is 3.03. The molecule has 5 rings (SSSR count). The average Bonchev–Trinajstić information content (AvgIpc) is 3.30. The molecule has 1 aromatic carbocycles. The Morgan fingerprint density at radius 1 is 1.17 bits per heavy atom. The number of fused-ring (bicyclic) bond motifs is 3. The van der Waals surface area contributed by atoms with Gasteiger partial charge in [-0.05, 0) is 72.4 Å². The number of phenols is 1. The van der Waals surface area contributed by atoms with Gasteiger partial charge in [-0.25, -0.2) is 0 Å². The maximum atomic E-state index is 13.7. The van der Waals surface area contributed by atoms with Gasteiger partial charge in [0.1, 0.15) is 22.8 Å². The number of aliphatic hydroxyl groups is 3. The molecular weight excluding hydrogens is 472 g/mol. The van der Waals surface area contributed by atoms with E-state index in [-0.39, 0.29) is 29.7 Å². The van der Waals surface area contributed by atoms with Crippen LogP contribution in [0.4, 0.5) is 0 Å². The summed E-state index contributed by atoms with van der Waals surface area (Å²) in [6.45, 7) is 0. The molecule has 0 fully saturated rings. The van der Waals surface area contributed by atoms with Crippen molar-refractivity contribution < 1.29 is 34.8 Å². The van der Waals surface area contributed by atoms with E-state index < -0.39 is 58.0 Å². The van der Waals surface area contributed by atoms with Crippen molar-refractivity contribution in [1.29, 1.82) is 0 Å².